The topological polar surface area (TPSA) is 69.7 Å². The molecule has 0 amide bonds. The van der Waals surface area contributed by atoms with E-state index in [0.29, 0.717) is 5.82 Å². The van der Waals surface area contributed by atoms with Crippen LogP contribution < -0.4 is 10.8 Å². The Morgan fingerprint density at radius 1 is 1.17 bits per heavy atom. The van der Waals surface area contributed by atoms with Crippen LogP contribution in [0.5, 0.6) is 0 Å². The number of aromatic nitrogens is 1. The van der Waals surface area contributed by atoms with Gasteiger partial charge in [-0.2, -0.15) is 0 Å². The molecule has 1 aromatic heterocycles. The summed E-state index contributed by atoms with van der Waals surface area (Å²) in [6, 6.07) is 3.50. The summed E-state index contributed by atoms with van der Waals surface area (Å²) < 4.78 is 17.0. The molecule has 0 aromatic carbocycles. The highest BCUT2D eigenvalue weighted by Gasteiger charge is 2.52. The summed E-state index contributed by atoms with van der Waals surface area (Å²) in [7, 11) is 0.768. The molecule has 1 saturated heterocycles. The first kappa shape index (κ1) is 18.7. The second-order valence-corrected chi connectivity index (χ2v) is 8.13. The number of methoxy groups -OCH3 is 1. The van der Waals surface area contributed by atoms with Gasteiger partial charge in [-0.25, -0.2) is 9.78 Å². The first-order chi connectivity index (χ1) is 10.8. The minimum absolute atomic E-state index is 0.199. The minimum Gasteiger partial charge on any atom is -0.464 e. The van der Waals surface area contributed by atoms with E-state index in [0.717, 1.165) is 5.46 Å². The molecule has 1 aliphatic heterocycles. The molecule has 0 radical (unpaired) electrons. The molecule has 0 saturated carbocycles. The van der Waals surface area contributed by atoms with E-state index in [-0.39, 0.29) is 11.2 Å². The SMILES string of the molecule is COC(=O)c1cc(B2OC(C)(C)C(C)(C)O2)cc(NC(C)(C)C)n1. The molecule has 0 atom stereocenters. The van der Waals surface area contributed by atoms with Gasteiger partial charge in [-0.3, -0.25) is 0 Å². The molecule has 0 spiro atoms. The Balaban J connectivity index is 2.42. The standard InChI is InChI=1S/C17H27BN2O4/c1-15(2,3)20-13-10-11(9-12(19-13)14(21)22-8)18-23-16(4,5)17(6,7)24-18/h9-10H,1-8H3,(H,19,20). The maximum absolute atomic E-state index is 12.0. The average molecular weight is 334 g/mol. The quantitative estimate of drug-likeness (QED) is 0.676. The molecule has 0 unspecified atom stereocenters. The summed E-state index contributed by atoms with van der Waals surface area (Å²) in [5.74, 6) is 0.0837. The number of esters is 1. The zero-order valence-corrected chi connectivity index (χ0v) is 15.8. The third-order valence-electron chi connectivity index (χ3n) is 4.27. The number of pyridine rings is 1. The lowest BCUT2D eigenvalue weighted by molar-refractivity contribution is 0.00578. The number of carbonyl (C=O) groups is 1. The number of ether oxygens (including phenoxy) is 1. The van der Waals surface area contributed by atoms with Crippen LogP contribution in [0.4, 0.5) is 5.82 Å². The Labute approximate surface area is 144 Å². The van der Waals surface area contributed by atoms with Crippen LogP contribution in [0.1, 0.15) is 59.0 Å². The maximum Gasteiger partial charge on any atom is 0.495 e. The van der Waals surface area contributed by atoms with E-state index < -0.39 is 24.3 Å². The number of anilines is 1. The summed E-state index contributed by atoms with van der Waals surface area (Å²) in [6.45, 7) is 14.0. The molecule has 7 heteroatoms. The first-order valence-corrected chi connectivity index (χ1v) is 8.09. The van der Waals surface area contributed by atoms with Gasteiger partial charge in [0.25, 0.3) is 0 Å². The molecule has 1 N–H and O–H groups in total. The first-order valence-electron chi connectivity index (χ1n) is 8.09. The summed E-state index contributed by atoms with van der Waals surface area (Å²) >= 11 is 0. The average Bonchev–Trinajstić information content (AvgIpc) is 2.64. The molecule has 0 bridgehead atoms. The van der Waals surface area contributed by atoms with Gasteiger partial charge in [0.05, 0.1) is 18.3 Å². The lowest BCUT2D eigenvalue weighted by Gasteiger charge is -2.32. The predicted octanol–water partition coefficient (Wildman–Crippen LogP) is 2.38. The molecular formula is C17H27BN2O4. The molecule has 132 valence electrons. The third kappa shape index (κ3) is 3.90. The zero-order valence-electron chi connectivity index (χ0n) is 15.8. The van der Waals surface area contributed by atoms with Crippen LogP contribution in [0.15, 0.2) is 12.1 Å². The van der Waals surface area contributed by atoms with Crippen molar-refractivity contribution in [3.05, 3.63) is 17.8 Å². The predicted molar refractivity (Wildman–Crippen MR) is 94.7 cm³/mol. The van der Waals surface area contributed by atoms with Crippen LogP contribution in [0.25, 0.3) is 0 Å². The third-order valence-corrected chi connectivity index (χ3v) is 4.27. The molecule has 6 nitrogen and oxygen atoms in total. The van der Waals surface area contributed by atoms with Crippen molar-refractivity contribution in [1.29, 1.82) is 0 Å². The monoisotopic (exact) mass is 334 g/mol. The number of rotatable bonds is 3. The fourth-order valence-electron chi connectivity index (χ4n) is 2.32. The van der Waals surface area contributed by atoms with Gasteiger partial charge in [0.2, 0.25) is 0 Å². The zero-order chi connectivity index (χ0) is 18.3. The van der Waals surface area contributed by atoms with Gasteiger partial charge in [-0.1, -0.05) is 0 Å². The molecule has 0 aliphatic carbocycles. The Bertz CT molecular complexity index is 622. The van der Waals surface area contributed by atoms with Gasteiger partial charge in [0.15, 0.2) is 0 Å². The Morgan fingerprint density at radius 2 is 1.71 bits per heavy atom. The minimum atomic E-state index is -0.568. The van der Waals surface area contributed by atoms with E-state index in [1.54, 1.807) is 6.07 Å². The highest BCUT2D eigenvalue weighted by Crippen LogP contribution is 2.36. The molecule has 24 heavy (non-hydrogen) atoms. The number of hydrogen-bond donors (Lipinski definition) is 1. The van der Waals surface area contributed by atoms with Crippen molar-refractivity contribution in [3.8, 4) is 0 Å². The van der Waals surface area contributed by atoms with Crippen LogP contribution in [0.2, 0.25) is 0 Å². The Hall–Kier alpha value is -1.60. The van der Waals surface area contributed by atoms with Gasteiger partial charge in [0.1, 0.15) is 11.5 Å². The van der Waals surface area contributed by atoms with E-state index in [2.05, 4.69) is 10.3 Å². The van der Waals surface area contributed by atoms with E-state index in [9.17, 15) is 4.79 Å². The normalized spacial score (nSPS) is 19.2. The molecule has 2 rings (SSSR count). The Kier molecular flexibility index (Phi) is 4.72. The maximum atomic E-state index is 12.0. The molecular weight excluding hydrogens is 307 g/mol. The number of nitrogens with zero attached hydrogens (tertiary/aromatic N) is 1. The van der Waals surface area contributed by atoms with Gasteiger partial charge in [-0.15, -0.1) is 0 Å². The van der Waals surface area contributed by atoms with E-state index >= 15 is 0 Å². The second-order valence-electron chi connectivity index (χ2n) is 8.13. The summed E-state index contributed by atoms with van der Waals surface area (Å²) in [5, 5.41) is 3.28. The second kappa shape index (κ2) is 6.04. The Morgan fingerprint density at radius 3 is 2.17 bits per heavy atom. The summed E-state index contributed by atoms with van der Waals surface area (Å²) in [5.41, 5.74) is -0.157. The van der Waals surface area contributed by atoms with E-state index in [1.165, 1.54) is 7.11 Å². The molecule has 1 aliphatic rings. The highest BCUT2D eigenvalue weighted by atomic mass is 16.7. The van der Waals surface area contributed by atoms with Crippen molar-refractivity contribution in [2.45, 2.75) is 65.2 Å². The van der Waals surface area contributed by atoms with Crippen LogP contribution in [-0.4, -0.2) is 41.9 Å². The van der Waals surface area contributed by atoms with Crippen LogP contribution in [0.3, 0.4) is 0 Å². The number of hydrogen-bond acceptors (Lipinski definition) is 6. The van der Waals surface area contributed by atoms with Gasteiger partial charge < -0.3 is 19.4 Å². The molecule has 1 aromatic rings. The van der Waals surface area contributed by atoms with Crippen LogP contribution in [0, 0.1) is 0 Å². The number of carbonyl (C=O) groups excluding carboxylic acids is 1. The lowest BCUT2D eigenvalue weighted by Crippen LogP contribution is -2.41. The van der Waals surface area contributed by atoms with Crippen molar-refractivity contribution in [3.63, 3.8) is 0 Å². The summed E-state index contributed by atoms with van der Waals surface area (Å²) in [4.78, 5) is 16.3. The molecule has 1 fully saturated rings. The lowest BCUT2D eigenvalue weighted by atomic mass is 9.79. The van der Waals surface area contributed by atoms with Crippen molar-refractivity contribution in [2.24, 2.45) is 0 Å². The largest absolute Gasteiger partial charge is 0.495 e. The number of nitrogens with one attached hydrogen (secondary N) is 1. The fraction of sp³-hybridized carbons (Fsp3) is 0.647. The van der Waals surface area contributed by atoms with Crippen LogP contribution in [-0.2, 0) is 14.0 Å². The van der Waals surface area contributed by atoms with Crippen molar-refractivity contribution < 1.29 is 18.8 Å². The smallest absolute Gasteiger partial charge is 0.464 e. The summed E-state index contributed by atoms with van der Waals surface area (Å²) in [6.07, 6.45) is 0. The van der Waals surface area contributed by atoms with Crippen molar-refractivity contribution >= 4 is 24.4 Å². The highest BCUT2D eigenvalue weighted by molar-refractivity contribution is 6.62. The van der Waals surface area contributed by atoms with Crippen molar-refractivity contribution in [2.75, 3.05) is 12.4 Å². The van der Waals surface area contributed by atoms with Gasteiger partial charge >= 0.3 is 13.1 Å². The van der Waals surface area contributed by atoms with Crippen LogP contribution >= 0.6 is 0 Å². The van der Waals surface area contributed by atoms with Gasteiger partial charge in [0, 0.05) is 5.54 Å². The van der Waals surface area contributed by atoms with E-state index in [1.807, 2.05) is 54.5 Å². The van der Waals surface area contributed by atoms with Crippen molar-refractivity contribution in [1.82, 2.24) is 4.98 Å². The van der Waals surface area contributed by atoms with E-state index in [4.69, 9.17) is 14.0 Å². The fourth-order valence-corrected chi connectivity index (χ4v) is 2.32. The van der Waals surface area contributed by atoms with Gasteiger partial charge in [-0.05, 0) is 66.1 Å². The molecule has 2 heterocycles.